The Morgan fingerprint density at radius 1 is 1.30 bits per heavy atom. The van der Waals surface area contributed by atoms with Crippen molar-refractivity contribution in [2.45, 2.75) is 0 Å². The van der Waals surface area contributed by atoms with E-state index in [1.165, 1.54) is 5.67 Å². The zero-order valence-electron chi connectivity index (χ0n) is 10.2. The van der Waals surface area contributed by atoms with Gasteiger partial charge >= 0.3 is 0 Å². The number of benzene rings is 2. The van der Waals surface area contributed by atoms with Crippen LogP contribution >= 0.6 is 22.9 Å². The van der Waals surface area contributed by atoms with E-state index in [-0.39, 0.29) is 0 Å². The molecule has 20 heavy (non-hydrogen) atoms. The van der Waals surface area contributed by atoms with E-state index in [4.69, 9.17) is 22.3 Å². The summed E-state index contributed by atoms with van der Waals surface area (Å²) >= 11 is 7.23. The molecule has 0 radical (unpaired) electrons. The van der Waals surface area contributed by atoms with Crippen molar-refractivity contribution in [2.24, 2.45) is 4.99 Å². The first-order valence-corrected chi connectivity index (χ1v) is 7.07. The fourth-order valence-electron chi connectivity index (χ4n) is 2.17. The topological polar surface area (TPSA) is 60.0 Å². The highest BCUT2D eigenvalue weighted by atomic mass is 35.5. The minimum Gasteiger partial charge on any atom is -0.300 e. The first-order chi connectivity index (χ1) is 9.74. The fourth-order valence-corrected chi connectivity index (χ4v) is 3.36. The van der Waals surface area contributed by atoms with Crippen molar-refractivity contribution in [3.8, 4) is 16.5 Å². The molecule has 1 aromatic carbocycles. The summed E-state index contributed by atoms with van der Waals surface area (Å²) in [5.74, 6) is 0. The molecule has 3 nitrogen and oxygen atoms in total. The molecule has 0 saturated carbocycles. The quantitative estimate of drug-likeness (QED) is 0.529. The molecule has 0 atom stereocenters. The van der Waals surface area contributed by atoms with Gasteiger partial charge in [-0.3, -0.25) is 0 Å². The minimum absolute atomic E-state index is 0.403. The molecule has 1 N–H and O–H groups in total. The van der Waals surface area contributed by atoms with Gasteiger partial charge in [-0.05, 0) is 30.3 Å². The van der Waals surface area contributed by atoms with Gasteiger partial charge in [0.25, 0.3) is 0 Å². The Morgan fingerprint density at radius 2 is 2.15 bits per heavy atom. The largest absolute Gasteiger partial charge is 0.300 e. The number of aliphatic imine (C=N–C) groups is 1. The van der Waals surface area contributed by atoms with Crippen molar-refractivity contribution in [1.29, 1.82) is 10.7 Å². The first kappa shape index (κ1) is 12.8. The number of nitriles is 1. The molecule has 0 bridgehead atoms. The van der Waals surface area contributed by atoms with Crippen molar-refractivity contribution in [3.05, 3.63) is 47.3 Å². The van der Waals surface area contributed by atoms with Gasteiger partial charge in [0, 0.05) is 20.5 Å². The van der Waals surface area contributed by atoms with E-state index in [2.05, 4.69) is 11.1 Å². The van der Waals surface area contributed by atoms with Gasteiger partial charge in [-0.15, -0.1) is 11.3 Å². The average Bonchev–Trinajstić information content (AvgIpc) is 2.47. The maximum atomic E-state index is 9.04. The van der Waals surface area contributed by atoms with Gasteiger partial charge in [0.05, 0.1) is 28.4 Å². The van der Waals surface area contributed by atoms with Gasteiger partial charge in [0.15, 0.2) is 0 Å². The second kappa shape index (κ2) is 5.04. The second-order valence-corrected chi connectivity index (χ2v) is 5.46. The summed E-state index contributed by atoms with van der Waals surface area (Å²) in [5.41, 5.74) is 3.17. The number of hydrogen-bond acceptors (Lipinski definition) is 4. The van der Waals surface area contributed by atoms with Crippen LogP contribution in [0.1, 0.15) is 5.56 Å². The SMILES string of the molecule is N#Cc1ccc2sc3cccc(=N)c-3c(/N=C/Cl)c2c1. The van der Waals surface area contributed by atoms with E-state index < -0.39 is 0 Å². The Morgan fingerprint density at radius 3 is 2.90 bits per heavy atom. The van der Waals surface area contributed by atoms with E-state index in [0.29, 0.717) is 16.6 Å². The maximum absolute atomic E-state index is 9.04. The molecule has 1 aromatic rings. The fraction of sp³-hybridized carbons (Fsp3) is 0. The van der Waals surface area contributed by atoms with Gasteiger partial charge < -0.3 is 5.41 Å². The zero-order valence-corrected chi connectivity index (χ0v) is 11.8. The predicted molar refractivity (Wildman–Crippen MR) is 83.0 cm³/mol. The lowest BCUT2D eigenvalue weighted by atomic mass is 10.1. The van der Waals surface area contributed by atoms with E-state index in [9.17, 15) is 0 Å². The zero-order chi connectivity index (χ0) is 14.1. The van der Waals surface area contributed by atoms with Gasteiger partial charge in [0.1, 0.15) is 0 Å². The Kier molecular flexibility index (Phi) is 3.23. The lowest BCUT2D eigenvalue weighted by Gasteiger charge is -2.11. The third-order valence-corrected chi connectivity index (χ3v) is 4.26. The molecule has 1 aliphatic heterocycles. The van der Waals surface area contributed by atoms with Crippen molar-refractivity contribution in [2.75, 3.05) is 0 Å². The summed E-state index contributed by atoms with van der Waals surface area (Å²) in [6.07, 6.45) is 0. The molecule has 0 unspecified atom stereocenters. The van der Waals surface area contributed by atoms with E-state index in [1.54, 1.807) is 29.5 Å². The standard InChI is InChI=1S/C15H8ClN3S/c16-8-19-15-10-6-9(7-17)4-5-12(10)20-13-3-1-2-11(18)14(13)15/h1-6,8,18H/b18-11?,19-8+. The molecular formula is C15H8ClN3S. The monoisotopic (exact) mass is 297 g/mol. The van der Waals surface area contributed by atoms with Crippen molar-refractivity contribution >= 4 is 44.4 Å². The number of fused-ring (bicyclic) bond motifs is 2. The van der Waals surface area contributed by atoms with Gasteiger partial charge in [-0.25, -0.2) is 4.99 Å². The second-order valence-electron chi connectivity index (χ2n) is 4.18. The molecule has 3 rings (SSSR count). The van der Waals surface area contributed by atoms with Crippen LogP contribution in [0.2, 0.25) is 0 Å². The third-order valence-electron chi connectivity index (χ3n) is 3.02. The molecule has 1 heterocycles. The number of hydrogen-bond donors (Lipinski definition) is 1. The maximum Gasteiger partial charge on any atom is 0.0991 e. The van der Waals surface area contributed by atoms with Gasteiger partial charge in [-0.2, -0.15) is 5.26 Å². The first-order valence-electron chi connectivity index (χ1n) is 5.81. The van der Waals surface area contributed by atoms with Crippen LogP contribution in [-0.4, -0.2) is 5.67 Å². The Balaban J connectivity index is 2.57. The molecule has 2 aliphatic rings. The molecule has 0 fully saturated rings. The minimum atomic E-state index is 0.403. The normalized spacial score (nSPS) is 11.2. The number of nitrogens with one attached hydrogen (secondary N) is 1. The van der Waals surface area contributed by atoms with Crippen LogP contribution in [0, 0.1) is 16.7 Å². The summed E-state index contributed by atoms with van der Waals surface area (Å²) in [7, 11) is 0. The van der Waals surface area contributed by atoms with Gasteiger partial charge in [-0.1, -0.05) is 17.7 Å². The third kappa shape index (κ3) is 1.97. The smallest absolute Gasteiger partial charge is 0.0991 e. The van der Waals surface area contributed by atoms with E-state index in [1.807, 2.05) is 18.2 Å². The number of halogens is 1. The van der Waals surface area contributed by atoms with E-state index in [0.717, 1.165) is 20.5 Å². The molecule has 1 aliphatic carbocycles. The summed E-state index contributed by atoms with van der Waals surface area (Å²) in [5, 5.41) is 18.4. The summed E-state index contributed by atoms with van der Waals surface area (Å²) in [4.78, 5) is 5.20. The molecular weight excluding hydrogens is 290 g/mol. The molecule has 0 spiro atoms. The summed E-state index contributed by atoms with van der Waals surface area (Å²) in [6, 6.07) is 13.1. The highest BCUT2D eigenvalue weighted by Crippen LogP contribution is 2.41. The lowest BCUT2D eigenvalue weighted by Crippen LogP contribution is -2.03. The van der Waals surface area contributed by atoms with Gasteiger partial charge in [0.2, 0.25) is 0 Å². The van der Waals surface area contributed by atoms with Crippen LogP contribution in [0.15, 0.2) is 41.4 Å². The van der Waals surface area contributed by atoms with Crippen LogP contribution in [0.5, 0.6) is 0 Å². The number of nitrogens with zero attached hydrogens (tertiary/aromatic N) is 2. The summed E-state index contributed by atoms with van der Waals surface area (Å²) < 4.78 is 1.01. The Bertz CT molecular complexity index is 905. The summed E-state index contributed by atoms with van der Waals surface area (Å²) in [6.45, 7) is 0. The van der Waals surface area contributed by atoms with Crippen LogP contribution < -0.4 is 5.36 Å². The highest BCUT2D eigenvalue weighted by Gasteiger charge is 2.14. The van der Waals surface area contributed by atoms with Crippen LogP contribution in [0.3, 0.4) is 0 Å². The average molecular weight is 298 g/mol. The van der Waals surface area contributed by atoms with Crippen molar-refractivity contribution in [3.63, 3.8) is 0 Å². The molecule has 0 amide bonds. The van der Waals surface area contributed by atoms with Crippen molar-refractivity contribution < 1.29 is 0 Å². The Hall–Kier alpha value is -2.22. The Labute approximate surface area is 124 Å². The molecule has 0 aromatic heterocycles. The van der Waals surface area contributed by atoms with Crippen LogP contribution in [0.25, 0.3) is 20.5 Å². The van der Waals surface area contributed by atoms with E-state index >= 15 is 0 Å². The molecule has 96 valence electrons. The van der Waals surface area contributed by atoms with Crippen LogP contribution in [0.4, 0.5) is 5.69 Å². The number of rotatable bonds is 1. The molecule has 0 saturated heterocycles. The lowest BCUT2D eigenvalue weighted by molar-refractivity contribution is 1.28. The highest BCUT2D eigenvalue weighted by molar-refractivity contribution is 7.21. The van der Waals surface area contributed by atoms with Crippen molar-refractivity contribution in [1.82, 2.24) is 0 Å². The molecule has 5 heteroatoms. The predicted octanol–water partition coefficient (Wildman–Crippen LogP) is 4.26. The van der Waals surface area contributed by atoms with Crippen LogP contribution in [-0.2, 0) is 0 Å².